The molecule has 88 valence electrons. The Morgan fingerprint density at radius 3 is 2.62 bits per heavy atom. The van der Waals surface area contributed by atoms with E-state index in [0.717, 1.165) is 12.3 Å². The summed E-state index contributed by atoms with van der Waals surface area (Å²) in [6.45, 7) is 0.724. The minimum atomic E-state index is 0.183. The SMILES string of the molecule is COc1cc(SC)ccc1C1(CN)CCC1. The summed E-state index contributed by atoms with van der Waals surface area (Å²) in [5, 5.41) is 0. The van der Waals surface area contributed by atoms with Gasteiger partial charge >= 0.3 is 0 Å². The van der Waals surface area contributed by atoms with E-state index in [1.165, 1.54) is 29.7 Å². The summed E-state index contributed by atoms with van der Waals surface area (Å²) < 4.78 is 5.50. The van der Waals surface area contributed by atoms with Gasteiger partial charge in [-0.2, -0.15) is 0 Å². The van der Waals surface area contributed by atoms with Crippen LogP contribution >= 0.6 is 11.8 Å². The molecule has 1 aliphatic carbocycles. The Hall–Kier alpha value is -0.670. The van der Waals surface area contributed by atoms with Crippen molar-refractivity contribution in [2.45, 2.75) is 29.6 Å². The highest BCUT2D eigenvalue weighted by molar-refractivity contribution is 7.98. The van der Waals surface area contributed by atoms with Gasteiger partial charge in [-0.1, -0.05) is 12.5 Å². The zero-order chi connectivity index (χ0) is 11.6. The van der Waals surface area contributed by atoms with Crippen LogP contribution in [0.5, 0.6) is 5.75 Å². The van der Waals surface area contributed by atoms with E-state index in [1.54, 1.807) is 18.9 Å². The molecule has 0 aliphatic heterocycles. The average molecular weight is 237 g/mol. The van der Waals surface area contributed by atoms with Crippen molar-refractivity contribution >= 4 is 11.8 Å². The van der Waals surface area contributed by atoms with E-state index in [1.807, 2.05) is 0 Å². The first-order chi connectivity index (χ1) is 7.75. The molecule has 1 saturated carbocycles. The number of methoxy groups -OCH3 is 1. The molecule has 1 fully saturated rings. The van der Waals surface area contributed by atoms with Crippen LogP contribution in [-0.2, 0) is 5.41 Å². The predicted molar refractivity (Wildman–Crippen MR) is 69.4 cm³/mol. The molecule has 1 aromatic rings. The Bertz CT molecular complexity index is 369. The van der Waals surface area contributed by atoms with Crippen molar-refractivity contribution in [3.63, 3.8) is 0 Å². The van der Waals surface area contributed by atoms with Gasteiger partial charge in [-0.3, -0.25) is 0 Å². The topological polar surface area (TPSA) is 35.2 Å². The van der Waals surface area contributed by atoms with Crippen LogP contribution in [0.3, 0.4) is 0 Å². The lowest BCUT2D eigenvalue weighted by Crippen LogP contribution is -2.41. The van der Waals surface area contributed by atoms with Crippen molar-refractivity contribution < 1.29 is 4.74 Å². The third-order valence-corrected chi connectivity index (χ3v) is 4.41. The molecule has 3 heteroatoms. The van der Waals surface area contributed by atoms with Crippen LogP contribution in [0.15, 0.2) is 23.1 Å². The Kier molecular flexibility index (Phi) is 3.45. The van der Waals surface area contributed by atoms with Crippen LogP contribution in [0, 0.1) is 0 Å². The van der Waals surface area contributed by atoms with Gasteiger partial charge in [0.05, 0.1) is 7.11 Å². The molecule has 0 atom stereocenters. The molecule has 2 nitrogen and oxygen atoms in total. The molecule has 0 radical (unpaired) electrons. The van der Waals surface area contributed by atoms with E-state index in [0.29, 0.717) is 0 Å². The average Bonchev–Trinajstić information content (AvgIpc) is 2.28. The van der Waals surface area contributed by atoms with Crippen LogP contribution in [0.25, 0.3) is 0 Å². The Labute approximate surface area is 102 Å². The molecule has 0 heterocycles. The molecule has 2 rings (SSSR count). The number of rotatable bonds is 4. The minimum Gasteiger partial charge on any atom is -0.496 e. The quantitative estimate of drug-likeness (QED) is 0.818. The van der Waals surface area contributed by atoms with Crippen LogP contribution < -0.4 is 10.5 Å². The fraction of sp³-hybridized carbons (Fsp3) is 0.538. The van der Waals surface area contributed by atoms with E-state index >= 15 is 0 Å². The lowest BCUT2D eigenvalue weighted by molar-refractivity contribution is 0.243. The van der Waals surface area contributed by atoms with Gasteiger partial charge in [0.25, 0.3) is 0 Å². The molecule has 0 unspecified atom stereocenters. The second-order valence-electron chi connectivity index (χ2n) is 4.40. The van der Waals surface area contributed by atoms with Gasteiger partial charge in [-0.25, -0.2) is 0 Å². The fourth-order valence-electron chi connectivity index (χ4n) is 2.42. The normalized spacial score (nSPS) is 17.9. The van der Waals surface area contributed by atoms with Gasteiger partial charge in [0.15, 0.2) is 0 Å². The molecule has 0 bridgehead atoms. The molecule has 0 saturated heterocycles. The van der Waals surface area contributed by atoms with Gasteiger partial charge in [0.1, 0.15) is 5.75 Å². The third-order valence-electron chi connectivity index (χ3n) is 3.68. The number of benzene rings is 1. The maximum Gasteiger partial charge on any atom is 0.123 e. The molecule has 0 aromatic heterocycles. The Morgan fingerprint density at radius 1 is 1.44 bits per heavy atom. The molecule has 1 aromatic carbocycles. The first-order valence-corrected chi connectivity index (χ1v) is 6.91. The molecule has 0 amide bonds. The van der Waals surface area contributed by atoms with Crippen molar-refractivity contribution in [2.75, 3.05) is 19.9 Å². The maximum atomic E-state index is 5.93. The Balaban J connectivity index is 2.39. The van der Waals surface area contributed by atoms with Gasteiger partial charge in [-0.15, -0.1) is 11.8 Å². The lowest BCUT2D eigenvalue weighted by atomic mass is 9.64. The maximum absolute atomic E-state index is 5.93. The van der Waals surface area contributed by atoms with E-state index in [4.69, 9.17) is 10.5 Å². The summed E-state index contributed by atoms with van der Waals surface area (Å²) in [6.07, 6.45) is 5.75. The van der Waals surface area contributed by atoms with Gasteiger partial charge in [-0.05, 0) is 31.2 Å². The van der Waals surface area contributed by atoms with E-state index in [2.05, 4.69) is 24.5 Å². The van der Waals surface area contributed by atoms with Gasteiger partial charge in [0, 0.05) is 22.4 Å². The first kappa shape index (κ1) is 11.8. The van der Waals surface area contributed by atoms with Crippen molar-refractivity contribution in [3.8, 4) is 5.75 Å². The number of nitrogens with two attached hydrogens (primary N) is 1. The van der Waals surface area contributed by atoms with Crippen molar-refractivity contribution in [2.24, 2.45) is 5.73 Å². The fourth-order valence-corrected chi connectivity index (χ4v) is 2.85. The van der Waals surface area contributed by atoms with E-state index in [-0.39, 0.29) is 5.41 Å². The van der Waals surface area contributed by atoms with Gasteiger partial charge in [0.2, 0.25) is 0 Å². The molecule has 0 spiro atoms. The van der Waals surface area contributed by atoms with Crippen LogP contribution in [0.4, 0.5) is 0 Å². The summed E-state index contributed by atoms with van der Waals surface area (Å²) in [5.74, 6) is 0.997. The van der Waals surface area contributed by atoms with Gasteiger partial charge < -0.3 is 10.5 Å². The molecule has 2 N–H and O–H groups in total. The highest BCUT2D eigenvalue weighted by Crippen LogP contribution is 2.46. The second kappa shape index (κ2) is 4.68. The van der Waals surface area contributed by atoms with Crippen molar-refractivity contribution in [1.82, 2.24) is 0 Å². The number of thioether (sulfide) groups is 1. The smallest absolute Gasteiger partial charge is 0.123 e. The van der Waals surface area contributed by atoms with Crippen LogP contribution in [0.2, 0.25) is 0 Å². The third kappa shape index (κ3) is 1.82. The molecular formula is C13H19NOS. The Morgan fingerprint density at radius 2 is 2.19 bits per heavy atom. The summed E-state index contributed by atoms with van der Waals surface area (Å²) in [7, 11) is 1.74. The lowest BCUT2D eigenvalue weighted by Gasteiger charge is -2.42. The summed E-state index contributed by atoms with van der Waals surface area (Å²) in [6, 6.07) is 6.48. The standard InChI is InChI=1S/C13H19NOS/c1-15-12-8-10(16-2)4-5-11(12)13(9-14)6-3-7-13/h4-5,8H,3,6-7,9,14H2,1-2H3. The molecular weight excluding hydrogens is 218 g/mol. The van der Waals surface area contributed by atoms with E-state index < -0.39 is 0 Å². The number of hydrogen-bond acceptors (Lipinski definition) is 3. The first-order valence-electron chi connectivity index (χ1n) is 5.68. The van der Waals surface area contributed by atoms with Crippen molar-refractivity contribution in [3.05, 3.63) is 23.8 Å². The van der Waals surface area contributed by atoms with Crippen molar-refractivity contribution in [1.29, 1.82) is 0 Å². The molecule has 1 aliphatic rings. The predicted octanol–water partition coefficient (Wildman–Crippen LogP) is 2.80. The summed E-state index contributed by atoms with van der Waals surface area (Å²) >= 11 is 1.74. The number of ether oxygens (including phenoxy) is 1. The highest BCUT2D eigenvalue weighted by Gasteiger charge is 2.39. The number of hydrogen-bond donors (Lipinski definition) is 1. The summed E-state index contributed by atoms with van der Waals surface area (Å²) in [4.78, 5) is 1.24. The zero-order valence-electron chi connectivity index (χ0n) is 9.95. The summed E-state index contributed by atoms with van der Waals surface area (Å²) in [5.41, 5.74) is 7.41. The minimum absolute atomic E-state index is 0.183. The van der Waals surface area contributed by atoms with Crippen LogP contribution in [0.1, 0.15) is 24.8 Å². The second-order valence-corrected chi connectivity index (χ2v) is 5.28. The monoisotopic (exact) mass is 237 g/mol. The largest absolute Gasteiger partial charge is 0.496 e. The van der Waals surface area contributed by atoms with E-state index in [9.17, 15) is 0 Å². The van der Waals surface area contributed by atoms with Crippen LogP contribution in [-0.4, -0.2) is 19.9 Å². The zero-order valence-corrected chi connectivity index (χ0v) is 10.8. The highest BCUT2D eigenvalue weighted by atomic mass is 32.2. The molecule has 16 heavy (non-hydrogen) atoms.